The van der Waals surface area contributed by atoms with Crippen LogP contribution in [0.1, 0.15) is 20.8 Å². The van der Waals surface area contributed by atoms with Crippen molar-refractivity contribution in [1.29, 1.82) is 0 Å². The first-order chi connectivity index (χ1) is 8.47. The van der Waals surface area contributed by atoms with Crippen LogP contribution in [0.2, 0.25) is 0 Å². The maximum atomic E-state index is 12.1. The Morgan fingerprint density at radius 1 is 1.33 bits per heavy atom. The molecule has 1 heterocycles. The summed E-state index contributed by atoms with van der Waals surface area (Å²) in [5.74, 6) is 1.19. The minimum absolute atomic E-state index is 0.0926. The molecule has 0 N–H and O–H groups in total. The first kappa shape index (κ1) is 13.3. The summed E-state index contributed by atoms with van der Waals surface area (Å²) in [5.41, 5.74) is 2.35. The van der Waals surface area contributed by atoms with Crippen LogP contribution in [-0.2, 0) is 9.53 Å². The van der Waals surface area contributed by atoms with Gasteiger partial charge in [0.15, 0.2) is 0 Å². The smallest absolute Gasteiger partial charge is 0.323 e. The molecule has 1 saturated heterocycles. The zero-order valence-electron chi connectivity index (χ0n) is 11.6. The third-order valence-electron chi connectivity index (χ3n) is 4.21. The average molecular weight is 249 g/mol. The monoisotopic (exact) mass is 249 g/mol. The molecular weight excluding hydrogens is 226 g/mol. The first-order valence-corrected chi connectivity index (χ1v) is 6.76. The normalized spacial score (nSPS) is 29.1. The molecule has 2 fully saturated rings. The Kier molecular flexibility index (Phi) is 3.62. The van der Waals surface area contributed by atoms with Gasteiger partial charge in [0.05, 0.1) is 6.61 Å². The van der Waals surface area contributed by atoms with Crippen LogP contribution in [0.4, 0.5) is 0 Å². The Hall–Kier alpha value is -1.09. The molecule has 0 unspecified atom stereocenters. The van der Waals surface area contributed by atoms with Crippen molar-refractivity contribution in [3.63, 3.8) is 0 Å². The number of hydrogen-bond acceptors (Lipinski definition) is 3. The summed E-state index contributed by atoms with van der Waals surface area (Å²) in [6.07, 6.45) is 0. The van der Waals surface area contributed by atoms with Gasteiger partial charge in [-0.05, 0) is 24.0 Å². The number of fused-ring (bicyclic) bond motifs is 1. The predicted octanol–water partition coefficient (Wildman–Crippen LogP) is 2.25. The minimum Gasteiger partial charge on any atom is -0.465 e. The van der Waals surface area contributed by atoms with Crippen LogP contribution in [0.5, 0.6) is 0 Å². The van der Waals surface area contributed by atoms with Crippen molar-refractivity contribution in [1.82, 2.24) is 4.90 Å². The summed E-state index contributed by atoms with van der Waals surface area (Å²) < 4.78 is 5.20. The minimum atomic E-state index is -0.129. The number of ether oxygens (including phenoxy) is 1. The molecule has 1 aliphatic carbocycles. The van der Waals surface area contributed by atoms with E-state index in [1.165, 1.54) is 11.1 Å². The second kappa shape index (κ2) is 4.88. The van der Waals surface area contributed by atoms with Gasteiger partial charge in [0.2, 0.25) is 0 Å². The van der Waals surface area contributed by atoms with Gasteiger partial charge in [-0.15, -0.1) is 0 Å². The molecule has 1 aliphatic heterocycles. The summed E-state index contributed by atoms with van der Waals surface area (Å²) in [6.45, 7) is 16.4. The second-order valence-electron chi connectivity index (χ2n) is 5.66. The van der Waals surface area contributed by atoms with E-state index in [4.69, 9.17) is 4.74 Å². The predicted molar refractivity (Wildman–Crippen MR) is 72.1 cm³/mol. The van der Waals surface area contributed by atoms with Crippen molar-refractivity contribution < 1.29 is 9.53 Å². The van der Waals surface area contributed by atoms with Gasteiger partial charge >= 0.3 is 5.97 Å². The van der Waals surface area contributed by atoms with E-state index in [0.717, 1.165) is 13.1 Å². The lowest BCUT2D eigenvalue weighted by Crippen LogP contribution is -2.44. The van der Waals surface area contributed by atoms with Crippen molar-refractivity contribution in [3.8, 4) is 0 Å². The Balaban J connectivity index is 2.07. The van der Waals surface area contributed by atoms with Gasteiger partial charge in [-0.25, -0.2) is 0 Å². The molecule has 18 heavy (non-hydrogen) atoms. The number of nitrogens with zero attached hydrogens (tertiary/aromatic N) is 1. The molecule has 0 spiro atoms. The number of carbonyl (C=O) groups is 1. The van der Waals surface area contributed by atoms with Gasteiger partial charge in [-0.1, -0.05) is 27.0 Å². The number of hydrogen-bond donors (Lipinski definition) is 0. The summed E-state index contributed by atoms with van der Waals surface area (Å²) in [5, 5.41) is 0. The zero-order chi connectivity index (χ0) is 13.4. The fraction of sp³-hybridized carbons (Fsp3) is 0.667. The molecule has 2 aliphatic rings. The fourth-order valence-electron chi connectivity index (χ4n) is 3.22. The Labute approximate surface area is 109 Å². The van der Waals surface area contributed by atoms with Crippen LogP contribution < -0.4 is 0 Å². The lowest BCUT2D eigenvalue weighted by atomic mass is 9.68. The molecule has 3 nitrogen and oxygen atoms in total. The zero-order valence-corrected chi connectivity index (χ0v) is 11.6. The lowest BCUT2D eigenvalue weighted by Gasteiger charge is -2.35. The Morgan fingerprint density at radius 3 is 2.22 bits per heavy atom. The fourth-order valence-corrected chi connectivity index (χ4v) is 3.22. The molecule has 0 aromatic heterocycles. The van der Waals surface area contributed by atoms with Gasteiger partial charge < -0.3 is 4.74 Å². The van der Waals surface area contributed by atoms with Crippen LogP contribution in [0, 0.1) is 17.8 Å². The van der Waals surface area contributed by atoms with Crippen molar-refractivity contribution >= 4 is 5.97 Å². The van der Waals surface area contributed by atoms with E-state index in [0.29, 0.717) is 18.4 Å². The van der Waals surface area contributed by atoms with E-state index in [1.54, 1.807) is 0 Å². The highest BCUT2D eigenvalue weighted by atomic mass is 16.5. The highest BCUT2D eigenvalue weighted by Crippen LogP contribution is 2.48. The maximum Gasteiger partial charge on any atom is 0.323 e. The van der Waals surface area contributed by atoms with Gasteiger partial charge in [-0.3, -0.25) is 9.69 Å². The van der Waals surface area contributed by atoms with Crippen molar-refractivity contribution in [2.45, 2.75) is 26.8 Å². The molecule has 100 valence electrons. The Morgan fingerprint density at radius 2 is 1.83 bits per heavy atom. The van der Waals surface area contributed by atoms with Crippen LogP contribution in [-0.4, -0.2) is 36.6 Å². The topological polar surface area (TPSA) is 29.5 Å². The summed E-state index contributed by atoms with van der Waals surface area (Å²) in [4.78, 5) is 14.3. The maximum absolute atomic E-state index is 12.1. The van der Waals surface area contributed by atoms with Crippen LogP contribution in [0.25, 0.3) is 0 Å². The van der Waals surface area contributed by atoms with E-state index < -0.39 is 0 Å². The largest absolute Gasteiger partial charge is 0.465 e. The molecule has 0 radical (unpaired) electrons. The molecule has 2 rings (SSSR count). The highest BCUT2D eigenvalue weighted by molar-refractivity contribution is 5.76. The van der Waals surface area contributed by atoms with E-state index in [-0.39, 0.29) is 17.9 Å². The van der Waals surface area contributed by atoms with E-state index >= 15 is 0 Å². The molecule has 0 aromatic carbocycles. The Bertz CT molecular complexity index is 364. The second-order valence-corrected chi connectivity index (χ2v) is 5.66. The SMILES string of the molecule is C=C1C(=C)[C@@H]2CN([C@H](C(=O)OCC)C(C)C)C[C@H]12. The summed E-state index contributed by atoms with van der Waals surface area (Å²) in [6, 6.07) is -0.129. The molecule has 0 aromatic rings. The summed E-state index contributed by atoms with van der Waals surface area (Å²) in [7, 11) is 0. The van der Waals surface area contributed by atoms with Gasteiger partial charge in [0.1, 0.15) is 6.04 Å². The molecule has 1 saturated carbocycles. The van der Waals surface area contributed by atoms with Crippen LogP contribution in [0.3, 0.4) is 0 Å². The standard InChI is InChI=1S/C15H23NO2/c1-6-18-15(17)14(9(2)3)16-7-12-10(4)11(5)13(12)8-16/h9,12-14H,4-8H2,1-3H3/t12-,13+,14-/m0/s1. The molecule has 0 amide bonds. The number of likely N-dealkylation sites (tertiary alicyclic amines) is 1. The van der Waals surface area contributed by atoms with Gasteiger partial charge in [-0.2, -0.15) is 0 Å². The highest BCUT2D eigenvalue weighted by Gasteiger charge is 2.48. The van der Waals surface area contributed by atoms with E-state index in [9.17, 15) is 4.79 Å². The quantitative estimate of drug-likeness (QED) is 0.716. The molecule has 3 atom stereocenters. The number of carbonyl (C=O) groups excluding carboxylic acids is 1. The molecule has 3 heteroatoms. The van der Waals surface area contributed by atoms with E-state index in [2.05, 4.69) is 31.9 Å². The van der Waals surface area contributed by atoms with E-state index in [1.807, 2.05) is 6.92 Å². The van der Waals surface area contributed by atoms with Crippen LogP contribution >= 0.6 is 0 Å². The molecule has 0 bridgehead atoms. The first-order valence-electron chi connectivity index (χ1n) is 6.76. The number of rotatable bonds is 4. The van der Waals surface area contributed by atoms with Crippen molar-refractivity contribution in [3.05, 3.63) is 24.3 Å². The molecular formula is C15H23NO2. The lowest BCUT2D eigenvalue weighted by molar-refractivity contribution is -0.151. The van der Waals surface area contributed by atoms with Crippen molar-refractivity contribution in [2.75, 3.05) is 19.7 Å². The van der Waals surface area contributed by atoms with Gasteiger partial charge in [0.25, 0.3) is 0 Å². The third-order valence-corrected chi connectivity index (χ3v) is 4.21. The van der Waals surface area contributed by atoms with Crippen molar-refractivity contribution in [2.24, 2.45) is 17.8 Å². The van der Waals surface area contributed by atoms with Gasteiger partial charge in [0, 0.05) is 24.9 Å². The summed E-state index contributed by atoms with van der Waals surface area (Å²) >= 11 is 0. The average Bonchev–Trinajstić information content (AvgIpc) is 2.69. The third kappa shape index (κ3) is 2.01. The number of esters is 1. The van der Waals surface area contributed by atoms with Crippen LogP contribution in [0.15, 0.2) is 24.3 Å².